The summed E-state index contributed by atoms with van der Waals surface area (Å²) >= 11 is 0. The molecule has 110 valence electrons. The molecule has 0 saturated heterocycles. The van der Waals surface area contributed by atoms with Crippen LogP contribution in [0, 0.1) is 31.0 Å². The van der Waals surface area contributed by atoms with Gasteiger partial charge in [0.1, 0.15) is 5.82 Å². The first-order chi connectivity index (χ1) is 9.34. The molecule has 0 bridgehead atoms. The third-order valence-corrected chi connectivity index (χ3v) is 6.35. The van der Waals surface area contributed by atoms with Crippen molar-refractivity contribution in [3.8, 4) is 0 Å². The average molecular weight is 297 g/mol. The molecule has 0 amide bonds. The molecule has 0 unspecified atom stereocenters. The minimum absolute atomic E-state index is 0.217. The van der Waals surface area contributed by atoms with Gasteiger partial charge in [-0.2, -0.15) is 0 Å². The summed E-state index contributed by atoms with van der Waals surface area (Å²) in [5.41, 5.74) is 1.15. The fourth-order valence-corrected chi connectivity index (χ4v) is 4.81. The molecule has 0 radical (unpaired) electrons. The van der Waals surface area contributed by atoms with Crippen LogP contribution in [-0.2, 0) is 10.0 Å². The van der Waals surface area contributed by atoms with Gasteiger partial charge in [0.2, 0.25) is 10.0 Å². The van der Waals surface area contributed by atoms with Crippen LogP contribution < -0.4 is 4.72 Å². The van der Waals surface area contributed by atoms with E-state index in [-0.39, 0.29) is 10.3 Å². The van der Waals surface area contributed by atoms with Gasteiger partial charge < -0.3 is 0 Å². The zero-order chi connectivity index (χ0) is 14.5. The van der Waals surface area contributed by atoms with Gasteiger partial charge in [-0.05, 0) is 74.1 Å². The molecule has 0 aliphatic heterocycles. The number of aryl methyl sites for hydroxylation is 2. The summed E-state index contributed by atoms with van der Waals surface area (Å²) in [4.78, 5) is 0.227. The number of benzene rings is 1. The van der Waals surface area contributed by atoms with E-state index in [1.54, 1.807) is 13.8 Å². The standard InChI is InChI=1S/C15H20FNO2S/c1-10-7-13(16)8-11(2)14(10)20(18,19)17-9-15(5-6-15)12-3-4-12/h7-8,12,17H,3-6,9H2,1-2H3. The maximum atomic E-state index is 13.3. The minimum Gasteiger partial charge on any atom is -0.211 e. The van der Waals surface area contributed by atoms with E-state index in [9.17, 15) is 12.8 Å². The number of halogens is 1. The van der Waals surface area contributed by atoms with Gasteiger partial charge in [0.05, 0.1) is 4.90 Å². The van der Waals surface area contributed by atoms with E-state index < -0.39 is 15.8 Å². The Bertz CT molecular complexity index is 623. The summed E-state index contributed by atoms with van der Waals surface area (Å²) in [5.74, 6) is 0.316. The van der Waals surface area contributed by atoms with Gasteiger partial charge in [0.15, 0.2) is 0 Å². The number of rotatable bonds is 5. The van der Waals surface area contributed by atoms with Crippen molar-refractivity contribution >= 4 is 10.0 Å². The smallest absolute Gasteiger partial charge is 0.211 e. The highest BCUT2D eigenvalue weighted by Crippen LogP contribution is 2.60. The first-order valence-corrected chi connectivity index (χ1v) is 8.59. The SMILES string of the molecule is Cc1cc(F)cc(C)c1S(=O)(=O)NCC1(C2CC2)CC1. The Hall–Kier alpha value is -0.940. The zero-order valence-corrected chi connectivity index (χ0v) is 12.7. The Balaban J connectivity index is 1.81. The van der Waals surface area contributed by atoms with Gasteiger partial charge >= 0.3 is 0 Å². The third-order valence-electron chi connectivity index (χ3n) is 4.64. The second kappa shape index (κ2) is 4.53. The molecule has 0 heterocycles. The minimum atomic E-state index is -3.55. The zero-order valence-electron chi connectivity index (χ0n) is 11.9. The molecule has 2 saturated carbocycles. The number of nitrogens with one attached hydrogen (secondary N) is 1. The van der Waals surface area contributed by atoms with Crippen LogP contribution in [0.2, 0.25) is 0 Å². The van der Waals surface area contributed by atoms with Crippen LogP contribution >= 0.6 is 0 Å². The second-order valence-corrected chi connectivity index (χ2v) is 8.03. The first-order valence-electron chi connectivity index (χ1n) is 7.10. The van der Waals surface area contributed by atoms with Crippen LogP contribution in [0.1, 0.15) is 36.8 Å². The molecule has 0 atom stereocenters. The van der Waals surface area contributed by atoms with Crippen molar-refractivity contribution in [2.24, 2.45) is 11.3 Å². The van der Waals surface area contributed by atoms with Crippen molar-refractivity contribution in [1.82, 2.24) is 4.72 Å². The first kappa shape index (κ1) is 14.0. The molecule has 0 spiro atoms. The van der Waals surface area contributed by atoms with Crippen LogP contribution in [0.5, 0.6) is 0 Å². The Morgan fingerprint density at radius 3 is 2.25 bits per heavy atom. The Kier molecular flexibility index (Phi) is 3.18. The predicted molar refractivity (Wildman–Crippen MR) is 75.5 cm³/mol. The summed E-state index contributed by atoms with van der Waals surface area (Å²) in [6.45, 7) is 3.80. The van der Waals surface area contributed by atoms with Crippen molar-refractivity contribution in [2.45, 2.75) is 44.4 Å². The monoisotopic (exact) mass is 297 g/mol. The van der Waals surface area contributed by atoms with Gasteiger partial charge in [0, 0.05) is 6.54 Å². The molecule has 1 N–H and O–H groups in total. The Morgan fingerprint density at radius 1 is 1.25 bits per heavy atom. The lowest BCUT2D eigenvalue weighted by molar-refractivity contribution is 0.431. The summed E-state index contributed by atoms with van der Waals surface area (Å²) in [7, 11) is -3.55. The van der Waals surface area contributed by atoms with Crippen LogP contribution in [-0.4, -0.2) is 15.0 Å². The quantitative estimate of drug-likeness (QED) is 0.908. The lowest BCUT2D eigenvalue weighted by Gasteiger charge is -2.17. The maximum absolute atomic E-state index is 13.3. The van der Waals surface area contributed by atoms with E-state index in [1.165, 1.54) is 25.0 Å². The molecule has 2 fully saturated rings. The maximum Gasteiger partial charge on any atom is 0.241 e. The van der Waals surface area contributed by atoms with Crippen molar-refractivity contribution in [2.75, 3.05) is 6.54 Å². The molecule has 5 heteroatoms. The normalized spacial score (nSPS) is 20.9. The van der Waals surface area contributed by atoms with Crippen molar-refractivity contribution in [3.63, 3.8) is 0 Å². The summed E-state index contributed by atoms with van der Waals surface area (Å²) in [5, 5.41) is 0. The van der Waals surface area contributed by atoms with E-state index in [0.717, 1.165) is 12.8 Å². The van der Waals surface area contributed by atoms with Crippen molar-refractivity contribution in [3.05, 3.63) is 29.1 Å². The Morgan fingerprint density at radius 2 is 1.80 bits per heavy atom. The van der Waals surface area contributed by atoms with Crippen molar-refractivity contribution in [1.29, 1.82) is 0 Å². The lowest BCUT2D eigenvalue weighted by atomic mass is 10.0. The van der Waals surface area contributed by atoms with Crippen LogP contribution in [0.25, 0.3) is 0 Å². The molecule has 2 aliphatic carbocycles. The molecule has 20 heavy (non-hydrogen) atoms. The Labute approximate surface area is 119 Å². The molecular weight excluding hydrogens is 277 g/mol. The van der Waals surface area contributed by atoms with Gasteiger partial charge in [-0.25, -0.2) is 17.5 Å². The molecule has 1 aromatic carbocycles. The highest BCUT2D eigenvalue weighted by atomic mass is 32.2. The summed E-state index contributed by atoms with van der Waals surface area (Å²) in [6.07, 6.45) is 4.72. The van der Waals surface area contributed by atoms with E-state index in [4.69, 9.17) is 0 Å². The molecular formula is C15H20FNO2S. The largest absolute Gasteiger partial charge is 0.241 e. The fourth-order valence-electron chi connectivity index (χ4n) is 3.22. The van der Waals surface area contributed by atoms with Crippen molar-refractivity contribution < 1.29 is 12.8 Å². The third kappa shape index (κ3) is 2.49. The number of hydrogen-bond donors (Lipinski definition) is 1. The topological polar surface area (TPSA) is 46.2 Å². The molecule has 0 aromatic heterocycles. The molecule has 3 nitrogen and oxygen atoms in total. The molecule has 3 rings (SSSR count). The van der Waals surface area contributed by atoms with Gasteiger partial charge in [-0.1, -0.05) is 0 Å². The molecule has 1 aromatic rings. The average Bonchev–Trinajstić information content (AvgIpc) is 3.18. The van der Waals surface area contributed by atoms with Gasteiger partial charge in [-0.3, -0.25) is 0 Å². The van der Waals surface area contributed by atoms with Gasteiger partial charge in [-0.15, -0.1) is 0 Å². The number of hydrogen-bond acceptors (Lipinski definition) is 2. The highest BCUT2D eigenvalue weighted by Gasteiger charge is 2.53. The highest BCUT2D eigenvalue weighted by molar-refractivity contribution is 7.89. The lowest BCUT2D eigenvalue weighted by Crippen LogP contribution is -2.32. The van der Waals surface area contributed by atoms with E-state index in [1.807, 2.05) is 0 Å². The summed E-state index contributed by atoms with van der Waals surface area (Å²) in [6, 6.07) is 2.55. The van der Waals surface area contributed by atoms with E-state index >= 15 is 0 Å². The fraction of sp³-hybridized carbons (Fsp3) is 0.600. The summed E-state index contributed by atoms with van der Waals surface area (Å²) < 4.78 is 41.0. The molecule has 2 aliphatic rings. The predicted octanol–water partition coefficient (Wildman–Crippen LogP) is 2.91. The second-order valence-electron chi connectivity index (χ2n) is 6.33. The van der Waals surface area contributed by atoms with Gasteiger partial charge in [0.25, 0.3) is 0 Å². The van der Waals surface area contributed by atoms with Crippen LogP contribution in [0.4, 0.5) is 4.39 Å². The number of sulfonamides is 1. The van der Waals surface area contributed by atoms with Crippen LogP contribution in [0.15, 0.2) is 17.0 Å². The van der Waals surface area contributed by atoms with Crippen LogP contribution in [0.3, 0.4) is 0 Å². The van der Waals surface area contributed by atoms with E-state index in [0.29, 0.717) is 23.6 Å². The van der Waals surface area contributed by atoms with E-state index in [2.05, 4.69) is 4.72 Å².